The van der Waals surface area contributed by atoms with Crippen molar-refractivity contribution in [2.75, 3.05) is 12.4 Å². The number of ether oxygens (including phenoxy) is 1. The van der Waals surface area contributed by atoms with Gasteiger partial charge in [-0.2, -0.15) is 0 Å². The fourth-order valence-corrected chi connectivity index (χ4v) is 2.25. The van der Waals surface area contributed by atoms with E-state index in [1.807, 2.05) is 6.92 Å². The number of phenolic OH excluding ortho intramolecular Hbond substituents is 1. The van der Waals surface area contributed by atoms with E-state index in [1.165, 1.54) is 7.11 Å². The lowest BCUT2D eigenvalue weighted by Gasteiger charge is -2.12. The summed E-state index contributed by atoms with van der Waals surface area (Å²) < 4.78 is 4.68. The number of hydrogen-bond donors (Lipinski definition) is 2. The molecule has 0 aliphatic rings. The van der Waals surface area contributed by atoms with E-state index in [0.29, 0.717) is 22.7 Å². The van der Waals surface area contributed by atoms with E-state index in [1.54, 1.807) is 36.4 Å². The molecular formula is C16H16ClNO3. The Bertz CT molecular complexity index is 650. The zero-order chi connectivity index (χ0) is 15.4. The molecule has 0 bridgehead atoms. The van der Waals surface area contributed by atoms with Crippen LogP contribution < -0.4 is 5.32 Å². The van der Waals surface area contributed by atoms with Crippen molar-refractivity contribution in [1.29, 1.82) is 0 Å². The first-order chi connectivity index (χ1) is 10.0. The Hall–Kier alpha value is -2.20. The summed E-state index contributed by atoms with van der Waals surface area (Å²) in [6.45, 7) is 2.28. The molecule has 0 saturated heterocycles. The fraction of sp³-hybridized carbons (Fsp3) is 0.188. The van der Waals surface area contributed by atoms with Crippen molar-refractivity contribution in [3.8, 4) is 5.75 Å². The Balaban J connectivity index is 2.16. The van der Waals surface area contributed by atoms with Gasteiger partial charge in [0, 0.05) is 22.8 Å². The molecule has 2 aromatic carbocycles. The number of esters is 1. The molecular weight excluding hydrogens is 290 g/mol. The fourth-order valence-electron chi connectivity index (χ4n) is 2.01. The van der Waals surface area contributed by atoms with Crippen molar-refractivity contribution in [3.05, 3.63) is 58.1 Å². The molecule has 2 aromatic rings. The summed E-state index contributed by atoms with van der Waals surface area (Å²) in [5.41, 5.74) is 2.91. The number of phenols is 1. The summed E-state index contributed by atoms with van der Waals surface area (Å²) in [6.07, 6.45) is 0. The van der Waals surface area contributed by atoms with Gasteiger partial charge in [-0.25, -0.2) is 4.79 Å². The number of rotatable bonds is 4. The molecule has 0 aromatic heterocycles. The topological polar surface area (TPSA) is 58.6 Å². The van der Waals surface area contributed by atoms with Crippen molar-refractivity contribution >= 4 is 23.3 Å². The van der Waals surface area contributed by atoms with Crippen molar-refractivity contribution in [3.63, 3.8) is 0 Å². The summed E-state index contributed by atoms with van der Waals surface area (Å²) >= 11 is 6.06. The number of anilines is 1. The highest BCUT2D eigenvalue weighted by atomic mass is 35.5. The summed E-state index contributed by atoms with van der Waals surface area (Å²) in [5, 5.41) is 13.5. The summed E-state index contributed by atoms with van der Waals surface area (Å²) in [5.74, 6) is -0.216. The van der Waals surface area contributed by atoms with Crippen molar-refractivity contribution < 1.29 is 14.6 Å². The maximum Gasteiger partial charge on any atom is 0.337 e. The van der Waals surface area contributed by atoms with Crippen LogP contribution >= 0.6 is 11.6 Å². The molecule has 0 unspecified atom stereocenters. The van der Waals surface area contributed by atoms with Gasteiger partial charge in [0.15, 0.2) is 0 Å². The van der Waals surface area contributed by atoms with Gasteiger partial charge in [0.2, 0.25) is 0 Å². The number of methoxy groups -OCH3 is 1. The van der Waals surface area contributed by atoms with Gasteiger partial charge in [0.05, 0.1) is 12.7 Å². The maximum absolute atomic E-state index is 11.5. The number of nitrogens with one attached hydrogen (secondary N) is 1. The number of aromatic hydroxyl groups is 1. The Labute approximate surface area is 128 Å². The Morgan fingerprint density at radius 2 is 2.10 bits per heavy atom. The van der Waals surface area contributed by atoms with E-state index in [9.17, 15) is 9.90 Å². The molecule has 0 aliphatic carbocycles. The molecule has 0 spiro atoms. The number of benzene rings is 2. The number of hydrogen-bond acceptors (Lipinski definition) is 4. The number of halogens is 1. The van der Waals surface area contributed by atoms with Crippen LogP contribution in [0.15, 0.2) is 36.4 Å². The smallest absolute Gasteiger partial charge is 0.337 e. The predicted octanol–water partition coefficient (Wildman–Crippen LogP) is 3.75. The van der Waals surface area contributed by atoms with Gasteiger partial charge in [-0.15, -0.1) is 0 Å². The van der Waals surface area contributed by atoms with Crippen LogP contribution in [0.3, 0.4) is 0 Å². The van der Waals surface area contributed by atoms with Crippen LogP contribution in [0.25, 0.3) is 0 Å². The molecule has 0 amide bonds. The summed E-state index contributed by atoms with van der Waals surface area (Å²) in [6, 6.07) is 10.3. The minimum atomic E-state index is -0.367. The first-order valence-electron chi connectivity index (χ1n) is 6.42. The van der Waals surface area contributed by atoms with Gasteiger partial charge in [0.1, 0.15) is 5.75 Å². The molecule has 2 N–H and O–H groups in total. The molecule has 2 rings (SSSR count). The van der Waals surface area contributed by atoms with Crippen LogP contribution in [0.5, 0.6) is 5.75 Å². The minimum Gasteiger partial charge on any atom is -0.508 e. The second-order valence-corrected chi connectivity index (χ2v) is 5.02. The highest BCUT2D eigenvalue weighted by Crippen LogP contribution is 2.27. The van der Waals surface area contributed by atoms with E-state index in [4.69, 9.17) is 11.6 Å². The lowest BCUT2D eigenvalue weighted by Crippen LogP contribution is -2.05. The van der Waals surface area contributed by atoms with Crippen molar-refractivity contribution in [2.24, 2.45) is 0 Å². The van der Waals surface area contributed by atoms with Crippen LogP contribution in [-0.4, -0.2) is 18.2 Å². The Kier molecular flexibility index (Phi) is 4.70. The zero-order valence-corrected chi connectivity index (χ0v) is 12.6. The van der Waals surface area contributed by atoms with Crippen molar-refractivity contribution in [1.82, 2.24) is 0 Å². The van der Waals surface area contributed by atoms with Crippen LogP contribution in [0, 0.1) is 6.92 Å². The molecule has 4 nitrogen and oxygen atoms in total. The average Bonchev–Trinajstić information content (AvgIpc) is 2.47. The quantitative estimate of drug-likeness (QED) is 0.845. The number of carbonyl (C=O) groups is 1. The first-order valence-corrected chi connectivity index (χ1v) is 6.80. The summed E-state index contributed by atoms with van der Waals surface area (Å²) in [4.78, 5) is 11.5. The molecule has 110 valence electrons. The zero-order valence-electron chi connectivity index (χ0n) is 11.8. The number of aryl methyl sites for hydroxylation is 1. The van der Waals surface area contributed by atoms with Crippen LogP contribution in [0.2, 0.25) is 5.02 Å². The monoisotopic (exact) mass is 305 g/mol. The van der Waals surface area contributed by atoms with E-state index >= 15 is 0 Å². The third kappa shape index (κ3) is 3.47. The van der Waals surface area contributed by atoms with Gasteiger partial charge in [0.25, 0.3) is 0 Å². The standard InChI is InChI=1S/C16H16ClNO3/c1-10-8-11(16(20)21-2)6-7-14(10)18-9-12-13(17)4-3-5-15(12)19/h3-8,18-19H,9H2,1-2H3. The van der Waals surface area contributed by atoms with Gasteiger partial charge in [-0.05, 0) is 42.8 Å². The maximum atomic E-state index is 11.5. The molecule has 0 atom stereocenters. The number of carbonyl (C=O) groups excluding carboxylic acids is 1. The third-order valence-electron chi connectivity index (χ3n) is 3.20. The molecule has 0 fully saturated rings. The molecule has 21 heavy (non-hydrogen) atoms. The van der Waals surface area contributed by atoms with Gasteiger partial charge >= 0.3 is 5.97 Å². The molecule has 0 aliphatic heterocycles. The second-order valence-electron chi connectivity index (χ2n) is 4.61. The minimum absolute atomic E-state index is 0.152. The Morgan fingerprint density at radius 3 is 2.71 bits per heavy atom. The average molecular weight is 306 g/mol. The SMILES string of the molecule is COC(=O)c1ccc(NCc2c(O)cccc2Cl)c(C)c1. The van der Waals surface area contributed by atoms with Gasteiger partial charge < -0.3 is 15.2 Å². The first kappa shape index (κ1) is 15.2. The lowest BCUT2D eigenvalue weighted by molar-refractivity contribution is 0.0600. The highest BCUT2D eigenvalue weighted by molar-refractivity contribution is 6.31. The molecule has 0 radical (unpaired) electrons. The third-order valence-corrected chi connectivity index (χ3v) is 3.55. The summed E-state index contributed by atoms with van der Waals surface area (Å²) in [7, 11) is 1.35. The molecule has 0 saturated carbocycles. The van der Waals surface area contributed by atoms with Gasteiger partial charge in [-0.3, -0.25) is 0 Å². The van der Waals surface area contributed by atoms with Crippen LogP contribution in [0.1, 0.15) is 21.5 Å². The largest absolute Gasteiger partial charge is 0.508 e. The van der Waals surface area contributed by atoms with E-state index < -0.39 is 0 Å². The van der Waals surface area contributed by atoms with Crippen LogP contribution in [-0.2, 0) is 11.3 Å². The second kappa shape index (κ2) is 6.50. The normalized spacial score (nSPS) is 10.2. The van der Waals surface area contributed by atoms with Gasteiger partial charge in [-0.1, -0.05) is 17.7 Å². The predicted molar refractivity (Wildman–Crippen MR) is 83.0 cm³/mol. The molecule has 5 heteroatoms. The molecule has 0 heterocycles. The lowest BCUT2D eigenvalue weighted by atomic mass is 10.1. The van der Waals surface area contributed by atoms with E-state index in [-0.39, 0.29) is 11.7 Å². The Morgan fingerprint density at radius 1 is 1.33 bits per heavy atom. The van der Waals surface area contributed by atoms with E-state index in [2.05, 4.69) is 10.1 Å². The van der Waals surface area contributed by atoms with Crippen LogP contribution in [0.4, 0.5) is 5.69 Å². The van der Waals surface area contributed by atoms with Crippen molar-refractivity contribution in [2.45, 2.75) is 13.5 Å². The van der Waals surface area contributed by atoms with E-state index in [0.717, 1.165) is 11.3 Å². The highest BCUT2D eigenvalue weighted by Gasteiger charge is 2.09.